The lowest BCUT2D eigenvalue weighted by molar-refractivity contribution is -0.118. The van der Waals surface area contributed by atoms with Gasteiger partial charge in [-0.2, -0.15) is 0 Å². The standard InChI is InChI=1S/C22H25N3O7/c1-28-17-6-5-12(7-16(17)25-22(27)15(23)11-26)20-14(10-24-32-20)13-8-18(29-2)21(31-4)19(9-13)30-3/h5-10,15,26H,11,23H2,1-4H3,(H,25,27)/t15-/m0/s1. The Hall–Kier alpha value is -3.76. The number of nitrogens with one attached hydrogen (secondary N) is 1. The summed E-state index contributed by atoms with van der Waals surface area (Å²) < 4.78 is 27.1. The van der Waals surface area contributed by atoms with Crippen LogP contribution in [-0.2, 0) is 4.79 Å². The fraction of sp³-hybridized carbons (Fsp3) is 0.273. The van der Waals surface area contributed by atoms with Crippen LogP contribution in [-0.4, -0.2) is 57.3 Å². The number of aliphatic hydroxyl groups excluding tert-OH is 1. The van der Waals surface area contributed by atoms with Gasteiger partial charge in [-0.25, -0.2) is 0 Å². The number of nitrogens with zero attached hydrogens (tertiary/aromatic N) is 1. The Kier molecular flexibility index (Phi) is 7.18. The first-order valence-corrected chi connectivity index (χ1v) is 9.58. The van der Waals surface area contributed by atoms with E-state index >= 15 is 0 Å². The molecule has 0 saturated carbocycles. The molecule has 1 amide bonds. The van der Waals surface area contributed by atoms with Crippen molar-refractivity contribution in [3.8, 4) is 45.4 Å². The molecule has 170 valence electrons. The lowest BCUT2D eigenvalue weighted by Gasteiger charge is -2.15. The van der Waals surface area contributed by atoms with Crippen LogP contribution in [0.5, 0.6) is 23.0 Å². The van der Waals surface area contributed by atoms with Crippen molar-refractivity contribution < 1.29 is 33.4 Å². The van der Waals surface area contributed by atoms with Crippen molar-refractivity contribution in [2.24, 2.45) is 5.73 Å². The molecule has 0 saturated heterocycles. The molecule has 10 heteroatoms. The SMILES string of the molecule is COc1ccc(-c2oncc2-c2cc(OC)c(OC)c(OC)c2)cc1NC(=O)[C@@H](N)CO. The second-order valence-electron chi connectivity index (χ2n) is 6.68. The highest BCUT2D eigenvalue weighted by atomic mass is 16.5. The monoisotopic (exact) mass is 443 g/mol. The van der Waals surface area contributed by atoms with Gasteiger partial charge >= 0.3 is 0 Å². The van der Waals surface area contributed by atoms with E-state index in [4.69, 9.17) is 34.3 Å². The molecule has 0 radical (unpaired) electrons. The topological polar surface area (TPSA) is 138 Å². The molecular formula is C22H25N3O7. The molecular weight excluding hydrogens is 418 g/mol. The van der Waals surface area contributed by atoms with Crippen molar-refractivity contribution in [3.63, 3.8) is 0 Å². The predicted octanol–water partition coefficient (Wildman–Crippen LogP) is 2.30. The minimum Gasteiger partial charge on any atom is -0.495 e. The highest BCUT2D eigenvalue weighted by Gasteiger charge is 2.21. The fourth-order valence-corrected chi connectivity index (χ4v) is 3.15. The summed E-state index contributed by atoms with van der Waals surface area (Å²) >= 11 is 0. The van der Waals surface area contributed by atoms with Crippen LogP contribution in [0.1, 0.15) is 0 Å². The number of hydrogen-bond donors (Lipinski definition) is 3. The largest absolute Gasteiger partial charge is 0.495 e. The summed E-state index contributed by atoms with van der Waals surface area (Å²) in [5.41, 5.74) is 7.98. The van der Waals surface area contributed by atoms with Crippen molar-refractivity contribution in [3.05, 3.63) is 36.5 Å². The zero-order valence-electron chi connectivity index (χ0n) is 18.2. The van der Waals surface area contributed by atoms with Gasteiger partial charge in [0.1, 0.15) is 11.8 Å². The average molecular weight is 443 g/mol. The smallest absolute Gasteiger partial charge is 0.243 e. The van der Waals surface area contributed by atoms with Crippen LogP contribution in [0, 0.1) is 0 Å². The lowest BCUT2D eigenvalue weighted by atomic mass is 10.0. The summed E-state index contributed by atoms with van der Waals surface area (Å²) in [6, 6.07) is 7.61. The molecule has 1 aromatic heterocycles. The zero-order chi connectivity index (χ0) is 23.3. The van der Waals surface area contributed by atoms with Gasteiger partial charge < -0.3 is 39.6 Å². The van der Waals surface area contributed by atoms with Gasteiger partial charge in [-0.1, -0.05) is 5.16 Å². The number of aromatic nitrogens is 1. The average Bonchev–Trinajstić information content (AvgIpc) is 3.32. The molecule has 3 rings (SSSR count). The minimum absolute atomic E-state index is 0.367. The predicted molar refractivity (Wildman–Crippen MR) is 117 cm³/mol. The Morgan fingerprint density at radius 2 is 1.69 bits per heavy atom. The number of carbonyl (C=O) groups is 1. The maximum absolute atomic E-state index is 12.2. The summed E-state index contributed by atoms with van der Waals surface area (Å²) in [6.45, 7) is -0.485. The van der Waals surface area contributed by atoms with E-state index in [0.717, 1.165) is 5.56 Å². The number of amides is 1. The highest BCUT2D eigenvalue weighted by Crippen LogP contribution is 2.44. The number of methoxy groups -OCH3 is 4. The summed E-state index contributed by atoms with van der Waals surface area (Å²) in [5, 5.41) is 15.7. The van der Waals surface area contributed by atoms with Crippen molar-refractivity contribution in [1.29, 1.82) is 0 Å². The second-order valence-corrected chi connectivity index (χ2v) is 6.68. The van der Waals surface area contributed by atoms with Crippen LogP contribution >= 0.6 is 0 Å². The Bertz CT molecular complexity index is 1070. The van der Waals surface area contributed by atoms with Gasteiger partial charge in [0.15, 0.2) is 17.3 Å². The van der Waals surface area contributed by atoms with Gasteiger partial charge in [-0.05, 0) is 35.9 Å². The van der Waals surface area contributed by atoms with Gasteiger partial charge in [-0.3, -0.25) is 4.79 Å². The molecule has 1 atom stereocenters. The van der Waals surface area contributed by atoms with Crippen LogP contribution in [0.2, 0.25) is 0 Å². The molecule has 0 fully saturated rings. The summed E-state index contributed by atoms with van der Waals surface area (Å²) in [5.74, 6) is 1.74. The van der Waals surface area contributed by atoms with E-state index in [9.17, 15) is 4.79 Å². The number of carbonyl (C=O) groups excluding carboxylic acids is 1. The van der Waals surface area contributed by atoms with Crippen molar-refractivity contribution >= 4 is 11.6 Å². The molecule has 0 bridgehead atoms. The molecule has 2 aromatic carbocycles. The number of nitrogens with two attached hydrogens (primary N) is 1. The molecule has 0 aliphatic rings. The maximum atomic E-state index is 12.2. The first-order valence-electron chi connectivity index (χ1n) is 9.58. The lowest BCUT2D eigenvalue weighted by Crippen LogP contribution is -2.38. The summed E-state index contributed by atoms with van der Waals surface area (Å²) in [7, 11) is 6.07. The Balaban J connectivity index is 2.07. The summed E-state index contributed by atoms with van der Waals surface area (Å²) in [4.78, 5) is 12.2. The van der Waals surface area contributed by atoms with E-state index in [1.807, 2.05) is 0 Å². The highest BCUT2D eigenvalue weighted by molar-refractivity contribution is 5.97. The molecule has 0 aliphatic carbocycles. The van der Waals surface area contributed by atoms with Crippen molar-refractivity contribution in [2.75, 3.05) is 40.4 Å². The minimum atomic E-state index is -1.07. The van der Waals surface area contributed by atoms with Gasteiger partial charge in [0.05, 0.1) is 46.9 Å². The molecule has 0 unspecified atom stereocenters. The number of benzene rings is 2. The van der Waals surface area contributed by atoms with E-state index in [1.54, 1.807) is 36.5 Å². The van der Waals surface area contributed by atoms with E-state index in [-0.39, 0.29) is 0 Å². The van der Waals surface area contributed by atoms with Gasteiger partial charge in [0, 0.05) is 11.1 Å². The van der Waals surface area contributed by atoms with Crippen molar-refractivity contribution in [1.82, 2.24) is 5.16 Å². The summed E-state index contributed by atoms with van der Waals surface area (Å²) in [6.07, 6.45) is 1.57. The Morgan fingerprint density at radius 3 is 2.25 bits per heavy atom. The molecule has 10 nitrogen and oxygen atoms in total. The third kappa shape index (κ3) is 4.46. The van der Waals surface area contributed by atoms with E-state index < -0.39 is 18.6 Å². The number of hydrogen-bond acceptors (Lipinski definition) is 9. The number of rotatable bonds is 9. The van der Waals surface area contributed by atoms with Gasteiger partial charge in [0.25, 0.3) is 0 Å². The number of aliphatic hydroxyl groups is 1. The molecule has 0 aliphatic heterocycles. The Morgan fingerprint density at radius 1 is 1.03 bits per heavy atom. The fourth-order valence-electron chi connectivity index (χ4n) is 3.15. The molecule has 4 N–H and O–H groups in total. The van der Waals surface area contributed by atoms with E-state index in [2.05, 4.69) is 10.5 Å². The quantitative estimate of drug-likeness (QED) is 0.455. The Labute approximate surface area is 184 Å². The third-order valence-corrected chi connectivity index (χ3v) is 4.80. The van der Waals surface area contributed by atoms with Crippen molar-refractivity contribution in [2.45, 2.75) is 6.04 Å². The van der Waals surface area contributed by atoms with Gasteiger partial charge in [-0.15, -0.1) is 0 Å². The number of ether oxygens (including phenoxy) is 4. The molecule has 3 aromatic rings. The number of anilines is 1. The van der Waals surface area contributed by atoms with Gasteiger partial charge in [0.2, 0.25) is 11.7 Å². The zero-order valence-corrected chi connectivity index (χ0v) is 18.2. The second kappa shape index (κ2) is 10.0. The van der Waals surface area contributed by atoms with E-state index in [0.29, 0.717) is 45.6 Å². The van der Waals surface area contributed by atoms with Crippen LogP contribution in [0.4, 0.5) is 5.69 Å². The molecule has 0 spiro atoms. The maximum Gasteiger partial charge on any atom is 0.243 e. The first-order chi connectivity index (χ1) is 15.5. The van der Waals surface area contributed by atoms with Crippen LogP contribution in [0.3, 0.4) is 0 Å². The molecule has 1 heterocycles. The first kappa shape index (κ1) is 22.9. The van der Waals surface area contributed by atoms with E-state index in [1.165, 1.54) is 28.4 Å². The molecule has 32 heavy (non-hydrogen) atoms. The normalized spacial score (nSPS) is 11.6. The van der Waals surface area contributed by atoms with Crippen LogP contribution in [0.15, 0.2) is 41.1 Å². The van der Waals surface area contributed by atoms with Crippen LogP contribution < -0.4 is 30.0 Å². The third-order valence-electron chi connectivity index (χ3n) is 4.80. The van der Waals surface area contributed by atoms with Crippen LogP contribution in [0.25, 0.3) is 22.5 Å².